The third-order valence-corrected chi connectivity index (χ3v) is 4.68. The van der Waals surface area contributed by atoms with Crippen LogP contribution in [-0.2, 0) is 0 Å². The summed E-state index contributed by atoms with van der Waals surface area (Å²) < 4.78 is 7.87. The first-order chi connectivity index (χ1) is 11.1. The number of ether oxygens (including phenoxy) is 1. The summed E-state index contributed by atoms with van der Waals surface area (Å²) >= 11 is 0. The van der Waals surface area contributed by atoms with Crippen molar-refractivity contribution in [3.8, 4) is 5.75 Å². The highest BCUT2D eigenvalue weighted by Crippen LogP contribution is 2.38. The van der Waals surface area contributed by atoms with E-state index in [4.69, 9.17) is 4.74 Å². The Morgan fingerprint density at radius 1 is 1.04 bits per heavy atom. The molecule has 2 aromatic heterocycles. The van der Waals surface area contributed by atoms with Gasteiger partial charge in [0, 0.05) is 40.1 Å². The second kappa shape index (κ2) is 4.98. The van der Waals surface area contributed by atoms with Crippen molar-refractivity contribution in [2.45, 2.75) is 26.8 Å². The lowest BCUT2D eigenvalue weighted by Crippen LogP contribution is -2.01. The molecule has 0 amide bonds. The molecule has 3 nitrogen and oxygen atoms in total. The van der Waals surface area contributed by atoms with Gasteiger partial charge in [0.25, 0.3) is 0 Å². The van der Waals surface area contributed by atoms with Crippen LogP contribution in [0.2, 0.25) is 0 Å². The van der Waals surface area contributed by atoms with Crippen LogP contribution in [0, 0.1) is 6.92 Å². The molecule has 3 heteroatoms. The molecule has 0 saturated heterocycles. The minimum absolute atomic E-state index is 0.390. The number of hydrogen-bond donors (Lipinski definition) is 0. The maximum Gasteiger partial charge on any atom is 0.119 e. The molecule has 0 aliphatic carbocycles. The molecule has 4 rings (SSSR count). The van der Waals surface area contributed by atoms with E-state index < -0.39 is 0 Å². The molecule has 0 aliphatic heterocycles. The molecule has 0 aliphatic rings. The summed E-state index contributed by atoms with van der Waals surface area (Å²) in [6.07, 6.45) is 3.81. The Hall–Kier alpha value is -2.55. The van der Waals surface area contributed by atoms with Crippen LogP contribution in [0.1, 0.15) is 25.5 Å². The zero-order chi connectivity index (χ0) is 16.1. The first-order valence-electron chi connectivity index (χ1n) is 7.96. The highest BCUT2D eigenvalue weighted by molar-refractivity contribution is 6.14. The summed E-state index contributed by atoms with van der Waals surface area (Å²) in [4.78, 5) is 4.29. The standard InChI is InChI=1S/C20H20N2O/c1-12(2)22-19-6-5-15(23-4)10-17(19)18-9-14-11-21-8-7-16(14)13(3)20(18)22/h5-12H,1-4H3. The van der Waals surface area contributed by atoms with E-state index in [1.165, 1.54) is 38.1 Å². The number of methoxy groups -OCH3 is 1. The smallest absolute Gasteiger partial charge is 0.119 e. The summed E-state index contributed by atoms with van der Waals surface area (Å²) in [5.41, 5.74) is 3.87. The lowest BCUT2D eigenvalue weighted by Gasteiger charge is -2.14. The van der Waals surface area contributed by atoms with E-state index in [-0.39, 0.29) is 0 Å². The van der Waals surface area contributed by atoms with Gasteiger partial charge >= 0.3 is 0 Å². The zero-order valence-electron chi connectivity index (χ0n) is 13.9. The molecule has 2 aromatic carbocycles. The van der Waals surface area contributed by atoms with Gasteiger partial charge in [-0.2, -0.15) is 0 Å². The number of aryl methyl sites for hydroxylation is 1. The van der Waals surface area contributed by atoms with Gasteiger partial charge in [-0.15, -0.1) is 0 Å². The minimum atomic E-state index is 0.390. The molecule has 0 radical (unpaired) electrons. The van der Waals surface area contributed by atoms with Crippen LogP contribution in [0.3, 0.4) is 0 Å². The van der Waals surface area contributed by atoms with Crippen LogP contribution in [-0.4, -0.2) is 16.7 Å². The van der Waals surface area contributed by atoms with E-state index in [0.29, 0.717) is 6.04 Å². The van der Waals surface area contributed by atoms with Gasteiger partial charge in [-0.1, -0.05) is 0 Å². The molecule has 0 unspecified atom stereocenters. The Labute approximate surface area is 135 Å². The van der Waals surface area contributed by atoms with Crippen molar-refractivity contribution in [1.82, 2.24) is 9.55 Å². The maximum atomic E-state index is 5.44. The van der Waals surface area contributed by atoms with Crippen molar-refractivity contribution < 1.29 is 4.74 Å². The second-order valence-corrected chi connectivity index (χ2v) is 6.34. The number of aromatic nitrogens is 2. The number of benzene rings is 2. The van der Waals surface area contributed by atoms with Gasteiger partial charge in [0.2, 0.25) is 0 Å². The van der Waals surface area contributed by atoms with Crippen LogP contribution >= 0.6 is 0 Å². The number of hydrogen-bond acceptors (Lipinski definition) is 2. The Morgan fingerprint density at radius 3 is 2.61 bits per heavy atom. The predicted octanol–water partition coefficient (Wildman–Crippen LogP) is 5.24. The van der Waals surface area contributed by atoms with Gasteiger partial charge in [0.05, 0.1) is 12.6 Å². The average molecular weight is 304 g/mol. The molecule has 116 valence electrons. The molecule has 0 atom stereocenters. The molecule has 0 bridgehead atoms. The van der Waals surface area contributed by atoms with E-state index >= 15 is 0 Å². The van der Waals surface area contributed by atoms with Gasteiger partial charge in [-0.05, 0) is 62.1 Å². The number of nitrogens with zero attached hydrogens (tertiary/aromatic N) is 2. The van der Waals surface area contributed by atoms with Crippen LogP contribution in [0.4, 0.5) is 0 Å². The molecular weight excluding hydrogens is 284 g/mol. The van der Waals surface area contributed by atoms with Crippen LogP contribution < -0.4 is 4.74 Å². The van der Waals surface area contributed by atoms with E-state index in [1.807, 2.05) is 18.5 Å². The number of fused-ring (bicyclic) bond motifs is 4. The summed E-state index contributed by atoms with van der Waals surface area (Å²) in [5.74, 6) is 0.893. The predicted molar refractivity (Wildman–Crippen MR) is 96.4 cm³/mol. The van der Waals surface area contributed by atoms with Gasteiger partial charge in [0.1, 0.15) is 5.75 Å². The first-order valence-corrected chi connectivity index (χ1v) is 7.96. The van der Waals surface area contributed by atoms with Crippen molar-refractivity contribution >= 4 is 32.6 Å². The number of rotatable bonds is 2. The molecule has 0 saturated carbocycles. The van der Waals surface area contributed by atoms with Gasteiger partial charge in [0.15, 0.2) is 0 Å². The third kappa shape index (κ3) is 1.93. The fraction of sp³-hybridized carbons (Fsp3) is 0.250. The van der Waals surface area contributed by atoms with E-state index in [1.54, 1.807) is 7.11 Å². The molecule has 23 heavy (non-hydrogen) atoms. The Balaban J connectivity index is 2.29. The second-order valence-electron chi connectivity index (χ2n) is 6.34. The third-order valence-electron chi connectivity index (χ3n) is 4.68. The van der Waals surface area contributed by atoms with Crippen LogP contribution in [0.5, 0.6) is 5.75 Å². The van der Waals surface area contributed by atoms with Crippen molar-refractivity contribution in [2.75, 3.05) is 7.11 Å². The zero-order valence-corrected chi connectivity index (χ0v) is 13.9. The van der Waals surface area contributed by atoms with E-state index in [9.17, 15) is 0 Å². The van der Waals surface area contributed by atoms with Crippen LogP contribution in [0.15, 0.2) is 42.7 Å². The topological polar surface area (TPSA) is 27.1 Å². The summed E-state index contributed by atoms with van der Waals surface area (Å²) in [7, 11) is 1.72. The normalized spacial score (nSPS) is 11.9. The van der Waals surface area contributed by atoms with E-state index in [2.05, 4.69) is 54.6 Å². The summed E-state index contributed by atoms with van der Waals surface area (Å²) in [6.45, 7) is 6.68. The highest BCUT2D eigenvalue weighted by atomic mass is 16.5. The monoisotopic (exact) mass is 304 g/mol. The molecule has 0 fully saturated rings. The summed E-state index contributed by atoms with van der Waals surface area (Å²) in [6, 6.07) is 11.1. The Kier molecular flexibility index (Phi) is 3.05. The van der Waals surface area contributed by atoms with Gasteiger partial charge < -0.3 is 9.30 Å². The molecule has 4 aromatic rings. The quantitative estimate of drug-likeness (QED) is 0.506. The lowest BCUT2D eigenvalue weighted by atomic mass is 10.0. The van der Waals surface area contributed by atoms with Crippen LogP contribution in [0.25, 0.3) is 32.6 Å². The van der Waals surface area contributed by atoms with Crippen molar-refractivity contribution in [2.24, 2.45) is 0 Å². The summed E-state index contributed by atoms with van der Waals surface area (Å²) in [5, 5.41) is 4.96. The minimum Gasteiger partial charge on any atom is -0.497 e. The largest absolute Gasteiger partial charge is 0.497 e. The SMILES string of the molecule is COc1ccc2c(c1)c1cc3cnccc3c(C)c1n2C(C)C. The van der Waals surface area contributed by atoms with Crippen molar-refractivity contribution in [3.63, 3.8) is 0 Å². The lowest BCUT2D eigenvalue weighted by molar-refractivity contribution is 0.415. The molecule has 2 heterocycles. The molecule has 0 spiro atoms. The van der Waals surface area contributed by atoms with Gasteiger partial charge in [-0.25, -0.2) is 0 Å². The molecular formula is C20H20N2O. The fourth-order valence-electron chi connectivity index (χ4n) is 3.66. The Morgan fingerprint density at radius 2 is 1.87 bits per heavy atom. The number of pyridine rings is 1. The molecule has 0 N–H and O–H groups in total. The van der Waals surface area contributed by atoms with Gasteiger partial charge in [-0.3, -0.25) is 4.98 Å². The van der Waals surface area contributed by atoms with E-state index in [0.717, 1.165) is 5.75 Å². The van der Waals surface area contributed by atoms with Crippen molar-refractivity contribution in [3.05, 3.63) is 48.3 Å². The fourth-order valence-corrected chi connectivity index (χ4v) is 3.66. The maximum absolute atomic E-state index is 5.44. The average Bonchev–Trinajstić information content (AvgIpc) is 2.89. The Bertz CT molecular complexity index is 1040. The van der Waals surface area contributed by atoms with Crippen molar-refractivity contribution in [1.29, 1.82) is 0 Å². The highest BCUT2D eigenvalue weighted by Gasteiger charge is 2.17. The first kappa shape index (κ1) is 14.1.